The maximum atomic E-state index is 11.4. The number of benzene rings is 1. The van der Waals surface area contributed by atoms with Crippen LogP contribution in [0.2, 0.25) is 0 Å². The lowest BCUT2D eigenvalue weighted by Crippen LogP contribution is -2.02. The van der Waals surface area contributed by atoms with Crippen LogP contribution in [-0.2, 0) is 16.3 Å². The molecule has 0 saturated heterocycles. The Morgan fingerprint density at radius 3 is 2.35 bits per heavy atom. The van der Waals surface area contributed by atoms with E-state index in [1.807, 2.05) is 0 Å². The Morgan fingerprint density at radius 2 is 1.75 bits per heavy atom. The van der Waals surface area contributed by atoms with Crippen LogP contribution >= 0.6 is 0 Å². The van der Waals surface area contributed by atoms with E-state index in [0.717, 1.165) is 24.2 Å². The van der Waals surface area contributed by atoms with Crippen LogP contribution < -0.4 is 5.32 Å². The third-order valence-electron chi connectivity index (χ3n) is 2.81. The molecule has 0 fully saturated rings. The molecule has 6 heteroatoms. The summed E-state index contributed by atoms with van der Waals surface area (Å²) in [5.41, 5.74) is 1.69. The second kappa shape index (κ2) is 6.00. The van der Waals surface area contributed by atoms with Crippen LogP contribution in [-0.4, -0.2) is 24.6 Å². The minimum atomic E-state index is -3.16. The zero-order valence-electron chi connectivity index (χ0n) is 11.5. The van der Waals surface area contributed by atoms with Gasteiger partial charge in [0, 0.05) is 24.3 Å². The third-order valence-corrected chi connectivity index (χ3v) is 3.93. The number of rotatable bonds is 5. The van der Waals surface area contributed by atoms with Crippen molar-refractivity contribution in [2.75, 3.05) is 11.6 Å². The molecule has 1 aromatic carbocycles. The van der Waals surface area contributed by atoms with Crippen molar-refractivity contribution in [3.05, 3.63) is 42.4 Å². The smallest absolute Gasteiger partial charge is 0.175 e. The van der Waals surface area contributed by atoms with Crippen LogP contribution in [0.4, 0.5) is 11.5 Å². The maximum absolute atomic E-state index is 11.4. The van der Waals surface area contributed by atoms with Crippen molar-refractivity contribution < 1.29 is 8.42 Å². The van der Waals surface area contributed by atoms with Gasteiger partial charge in [-0.25, -0.2) is 13.4 Å². The molecule has 0 spiro atoms. The molecule has 0 bridgehead atoms. The van der Waals surface area contributed by atoms with Crippen molar-refractivity contribution in [1.29, 1.82) is 0 Å². The highest BCUT2D eigenvalue weighted by Gasteiger charge is 2.08. The number of sulfone groups is 1. The van der Waals surface area contributed by atoms with Crippen LogP contribution in [0.5, 0.6) is 0 Å². The van der Waals surface area contributed by atoms with E-state index in [4.69, 9.17) is 0 Å². The standard InChI is InChI=1S/C14H17N3O2S/c1-3-4-13-14(16-10-9-15-13)17-11-5-7-12(8-6-11)20(2,18)19/h5-10H,3-4H2,1-2H3,(H,16,17). The molecule has 0 atom stereocenters. The van der Waals surface area contributed by atoms with Gasteiger partial charge >= 0.3 is 0 Å². The molecular weight excluding hydrogens is 274 g/mol. The Kier molecular flexibility index (Phi) is 4.34. The topological polar surface area (TPSA) is 72.0 Å². The maximum Gasteiger partial charge on any atom is 0.175 e. The highest BCUT2D eigenvalue weighted by molar-refractivity contribution is 7.90. The fourth-order valence-electron chi connectivity index (χ4n) is 1.81. The highest BCUT2D eigenvalue weighted by Crippen LogP contribution is 2.19. The Bertz CT molecular complexity index is 682. The van der Waals surface area contributed by atoms with Crippen LogP contribution in [0.25, 0.3) is 0 Å². The van der Waals surface area contributed by atoms with E-state index < -0.39 is 9.84 Å². The van der Waals surface area contributed by atoms with Gasteiger partial charge in [0.05, 0.1) is 10.6 Å². The van der Waals surface area contributed by atoms with Crippen LogP contribution in [0.15, 0.2) is 41.6 Å². The number of aryl methyl sites for hydroxylation is 1. The molecule has 1 heterocycles. The Hall–Kier alpha value is -1.95. The molecule has 1 N–H and O–H groups in total. The lowest BCUT2D eigenvalue weighted by Gasteiger charge is -2.09. The summed E-state index contributed by atoms with van der Waals surface area (Å²) in [6.45, 7) is 2.08. The molecule has 1 aromatic heterocycles. The van der Waals surface area contributed by atoms with E-state index in [1.165, 1.54) is 6.26 Å². The molecular formula is C14H17N3O2S. The molecule has 0 saturated carbocycles. The molecule has 0 aliphatic heterocycles. The molecule has 0 amide bonds. The minimum Gasteiger partial charge on any atom is -0.339 e. The molecule has 2 aromatic rings. The SMILES string of the molecule is CCCc1nccnc1Nc1ccc(S(C)(=O)=O)cc1. The van der Waals surface area contributed by atoms with Gasteiger partial charge in [0.2, 0.25) is 0 Å². The summed E-state index contributed by atoms with van der Waals surface area (Å²) >= 11 is 0. The van der Waals surface area contributed by atoms with Crippen molar-refractivity contribution in [3.63, 3.8) is 0 Å². The van der Waals surface area contributed by atoms with Gasteiger partial charge in [-0.1, -0.05) is 13.3 Å². The molecule has 0 unspecified atom stereocenters. The van der Waals surface area contributed by atoms with E-state index in [0.29, 0.717) is 10.7 Å². The number of nitrogens with one attached hydrogen (secondary N) is 1. The average Bonchev–Trinajstić information content (AvgIpc) is 2.41. The molecule has 0 aliphatic carbocycles. The van der Waals surface area contributed by atoms with E-state index in [-0.39, 0.29) is 0 Å². The zero-order valence-corrected chi connectivity index (χ0v) is 12.3. The average molecular weight is 291 g/mol. The summed E-state index contributed by atoms with van der Waals surface area (Å²) in [6, 6.07) is 6.60. The fraction of sp³-hybridized carbons (Fsp3) is 0.286. The molecule has 20 heavy (non-hydrogen) atoms. The zero-order chi connectivity index (χ0) is 14.6. The van der Waals surface area contributed by atoms with Crippen molar-refractivity contribution >= 4 is 21.3 Å². The van der Waals surface area contributed by atoms with Gasteiger partial charge < -0.3 is 5.32 Å². The second-order valence-electron chi connectivity index (χ2n) is 4.52. The largest absolute Gasteiger partial charge is 0.339 e. The number of hydrogen-bond acceptors (Lipinski definition) is 5. The first-order valence-electron chi connectivity index (χ1n) is 6.37. The number of nitrogens with zero attached hydrogens (tertiary/aromatic N) is 2. The summed E-state index contributed by atoms with van der Waals surface area (Å²) in [7, 11) is -3.16. The first kappa shape index (κ1) is 14.5. The fourth-order valence-corrected chi connectivity index (χ4v) is 2.44. The van der Waals surface area contributed by atoms with Crippen LogP contribution in [0.3, 0.4) is 0 Å². The second-order valence-corrected chi connectivity index (χ2v) is 6.54. The molecule has 0 radical (unpaired) electrons. The molecule has 106 valence electrons. The van der Waals surface area contributed by atoms with E-state index in [9.17, 15) is 8.42 Å². The molecule has 2 rings (SSSR count). The van der Waals surface area contributed by atoms with E-state index in [1.54, 1.807) is 36.7 Å². The quantitative estimate of drug-likeness (QED) is 0.916. The highest BCUT2D eigenvalue weighted by atomic mass is 32.2. The van der Waals surface area contributed by atoms with Gasteiger partial charge in [0.1, 0.15) is 0 Å². The molecule has 5 nitrogen and oxygen atoms in total. The lowest BCUT2D eigenvalue weighted by molar-refractivity contribution is 0.602. The number of aromatic nitrogens is 2. The van der Waals surface area contributed by atoms with Crippen molar-refractivity contribution in [3.8, 4) is 0 Å². The Morgan fingerprint density at radius 1 is 1.10 bits per heavy atom. The predicted octanol–water partition coefficient (Wildman–Crippen LogP) is 2.58. The van der Waals surface area contributed by atoms with E-state index in [2.05, 4.69) is 22.2 Å². The van der Waals surface area contributed by atoms with Gasteiger partial charge in [-0.05, 0) is 30.7 Å². The van der Waals surface area contributed by atoms with Crippen molar-refractivity contribution in [2.45, 2.75) is 24.7 Å². The minimum absolute atomic E-state index is 0.302. The first-order chi connectivity index (χ1) is 9.50. The third kappa shape index (κ3) is 3.54. The van der Waals surface area contributed by atoms with Gasteiger partial charge in [-0.3, -0.25) is 4.98 Å². The summed E-state index contributed by atoms with van der Waals surface area (Å²) in [5, 5.41) is 3.17. The van der Waals surface area contributed by atoms with Gasteiger partial charge in [-0.2, -0.15) is 0 Å². The van der Waals surface area contributed by atoms with Gasteiger partial charge in [0.15, 0.2) is 15.7 Å². The van der Waals surface area contributed by atoms with Crippen molar-refractivity contribution in [2.24, 2.45) is 0 Å². The summed E-state index contributed by atoms with van der Waals surface area (Å²) < 4.78 is 22.8. The predicted molar refractivity (Wildman–Crippen MR) is 78.9 cm³/mol. The Balaban J connectivity index is 2.22. The van der Waals surface area contributed by atoms with Crippen LogP contribution in [0, 0.1) is 0 Å². The van der Waals surface area contributed by atoms with Gasteiger partial charge in [-0.15, -0.1) is 0 Å². The number of anilines is 2. The normalized spacial score (nSPS) is 11.3. The summed E-state index contributed by atoms with van der Waals surface area (Å²) in [6.07, 6.45) is 6.32. The Labute approximate surface area is 119 Å². The van der Waals surface area contributed by atoms with Crippen molar-refractivity contribution in [1.82, 2.24) is 9.97 Å². The van der Waals surface area contributed by atoms with Crippen LogP contribution in [0.1, 0.15) is 19.0 Å². The molecule has 0 aliphatic rings. The lowest BCUT2D eigenvalue weighted by atomic mass is 10.2. The van der Waals surface area contributed by atoms with E-state index >= 15 is 0 Å². The summed E-state index contributed by atoms with van der Waals surface area (Å²) in [5.74, 6) is 0.710. The summed E-state index contributed by atoms with van der Waals surface area (Å²) in [4.78, 5) is 8.87. The number of hydrogen-bond donors (Lipinski definition) is 1. The van der Waals surface area contributed by atoms with Gasteiger partial charge in [0.25, 0.3) is 0 Å². The first-order valence-corrected chi connectivity index (χ1v) is 8.27. The monoisotopic (exact) mass is 291 g/mol.